The van der Waals surface area contributed by atoms with Crippen LogP contribution in [0.25, 0.3) is 0 Å². The lowest BCUT2D eigenvalue weighted by atomic mass is 10.1. The molecule has 0 heterocycles. The van der Waals surface area contributed by atoms with Crippen LogP contribution in [-0.2, 0) is 16.6 Å². The number of benzene rings is 1. The van der Waals surface area contributed by atoms with Crippen molar-refractivity contribution >= 4 is 10.8 Å². The fraction of sp³-hybridized carbons (Fsp3) is 0.538. The third-order valence-electron chi connectivity index (χ3n) is 2.57. The lowest BCUT2D eigenvalue weighted by Gasteiger charge is -2.12. The van der Waals surface area contributed by atoms with Gasteiger partial charge in [0.05, 0.1) is 0 Å². The average Bonchev–Trinajstić information content (AvgIpc) is 2.21. The summed E-state index contributed by atoms with van der Waals surface area (Å²) in [5.41, 5.74) is 2.43. The maximum atomic E-state index is 11.9. The Bertz CT molecular complexity index is 352. The van der Waals surface area contributed by atoms with Gasteiger partial charge < -0.3 is 5.32 Å². The normalized spacial score (nSPS) is 14.7. The SMILES string of the molecule is CCNC(C)CS(=O)Cc1ccccc1C. The second kappa shape index (κ2) is 6.81. The summed E-state index contributed by atoms with van der Waals surface area (Å²) >= 11 is 0. The van der Waals surface area contributed by atoms with E-state index in [1.54, 1.807) is 0 Å². The highest BCUT2D eigenvalue weighted by Crippen LogP contribution is 2.10. The van der Waals surface area contributed by atoms with Crippen molar-refractivity contribution in [1.82, 2.24) is 5.32 Å². The summed E-state index contributed by atoms with van der Waals surface area (Å²) in [5.74, 6) is 1.39. The first-order valence-electron chi connectivity index (χ1n) is 5.76. The Morgan fingerprint density at radius 2 is 2.06 bits per heavy atom. The van der Waals surface area contributed by atoms with Gasteiger partial charge in [0, 0.05) is 28.3 Å². The Morgan fingerprint density at radius 3 is 2.69 bits per heavy atom. The van der Waals surface area contributed by atoms with E-state index in [-0.39, 0.29) is 0 Å². The van der Waals surface area contributed by atoms with Crippen LogP contribution in [0.4, 0.5) is 0 Å². The zero-order valence-corrected chi connectivity index (χ0v) is 11.1. The molecule has 0 aliphatic carbocycles. The van der Waals surface area contributed by atoms with Crippen LogP contribution < -0.4 is 5.32 Å². The molecule has 0 spiro atoms. The Labute approximate surface area is 101 Å². The fourth-order valence-electron chi connectivity index (χ4n) is 1.69. The average molecular weight is 239 g/mol. The Kier molecular flexibility index (Phi) is 5.71. The second-order valence-electron chi connectivity index (χ2n) is 4.14. The van der Waals surface area contributed by atoms with E-state index in [0.717, 1.165) is 12.3 Å². The molecule has 1 aromatic rings. The maximum Gasteiger partial charge on any atom is 0.0488 e. The highest BCUT2D eigenvalue weighted by atomic mass is 32.2. The maximum absolute atomic E-state index is 11.9. The highest BCUT2D eigenvalue weighted by Gasteiger charge is 2.08. The molecule has 0 saturated carbocycles. The van der Waals surface area contributed by atoms with Crippen molar-refractivity contribution in [3.05, 3.63) is 35.4 Å². The van der Waals surface area contributed by atoms with E-state index in [1.165, 1.54) is 11.1 Å². The van der Waals surface area contributed by atoms with Crippen LogP contribution >= 0.6 is 0 Å². The molecule has 0 saturated heterocycles. The quantitative estimate of drug-likeness (QED) is 0.825. The molecular formula is C13H21NOS. The van der Waals surface area contributed by atoms with Crippen molar-refractivity contribution < 1.29 is 4.21 Å². The molecule has 1 aromatic carbocycles. The van der Waals surface area contributed by atoms with Crippen LogP contribution in [0.2, 0.25) is 0 Å². The predicted molar refractivity (Wildman–Crippen MR) is 71.0 cm³/mol. The van der Waals surface area contributed by atoms with Crippen LogP contribution in [0.3, 0.4) is 0 Å². The standard InChI is InChI=1S/C13H21NOS/c1-4-14-12(3)9-16(15)10-13-8-6-5-7-11(13)2/h5-8,12,14H,4,9-10H2,1-3H3. The van der Waals surface area contributed by atoms with Crippen LogP contribution in [0.1, 0.15) is 25.0 Å². The van der Waals surface area contributed by atoms with Crippen molar-refractivity contribution in [3.63, 3.8) is 0 Å². The zero-order chi connectivity index (χ0) is 12.0. The van der Waals surface area contributed by atoms with E-state index in [2.05, 4.69) is 38.2 Å². The number of hydrogen-bond donors (Lipinski definition) is 1. The molecule has 1 N–H and O–H groups in total. The van der Waals surface area contributed by atoms with Gasteiger partial charge >= 0.3 is 0 Å². The Morgan fingerprint density at radius 1 is 1.38 bits per heavy atom. The first-order valence-corrected chi connectivity index (χ1v) is 7.25. The molecule has 1 rings (SSSR count). The summed E-state index contributed by atoms with van der Waals surface area (Å²) in [6.07, 6.45) is 0. The van der Waals surface area contributed by atoms with Gasteiger partial charge in [-0.05, 0) is 31.5 Å². The van der Waals surface area contributed by atoms with Gasteiger partial charge in [-0.2, -0.15) is 0 Å². The van der Waals surface area contributed by atoms with Gasteiger partial charge in [-0.25, -0.2) is 0 Å². The number of aryl methyl sites for hydroxylation is 1. The Hall–Kier alpha value is -0.670. The molecule has 0 aromatic heterocycles. The minimum atomic E-state index is -0.775. The lowest BCUT2D eigenvalue weighted by molar-refractivity contribution is 0.607. The summed E-state index contributed by atoms with van der Waals surface area (Å²) in [6.45, 7) is 7.16. The minimum Gasteiger partial charge on any atom is -0.314 e. The van der Waals surface area contributed by atoms with Crippen molar-refractivity contribution in [2.45, 2.75) is 32.6 Å². The van der Waals surface area contributed by atoms with E-state index in [1.807, 2.05) is 12.1 Å². The summed E-state index contributed by atoms with van der Waals surface area (Å²) in [6, 6.07) is 8.48. The molecule has 0 aliphatic heterocycles. The van der Waals surface area contributed by atoms with E-state index < -0.39 is 10.8 Å². The zero-order valence-electron chi connectivity index (χ0n) is 10.3. The predicted octanol–water partition coefficient (Wildman–Crippen LogP) is 2.24. The summed E-state index contributed by atoms with van der Waals surface area (Å²) < 4.78 is 11.9. The van der Waals surface area contributed by atoms with Crippen molar-refractivity contribution in [2.75, 3.05) is 12.3 Å². The molecular weight excluding hydrogens is 218 g/mol. The summed E-state index contributed by atoms with van der Waals surface area (Å²) in [4.78, 5) is 0. The van der Waals surface area contributed by atoms with Crippen molar-refractivity contribution in [3.8, 4) is 0 Å². The summed E-state index contributed by atoms with van der Waals surface area (Å²) in [7, 11) is -0.775. The van der Waals surface area contributed by atoms with Gasteiger partial charge in [0.15, 0.2) is 0 Å². The number of hydrogen-bond acceptors (Lipinski definition) is 2. The first-order chi connectivity index (χ1) is 7.63. The largest absolute Gasteiger partial charge is 0.314 e. The van der Waals surface area contributed by atoms with Gasteiger partial charge in [-0.3, -0.25) is 4.21 Å². The highest BCUT2D eigenvalue weighted by molar-refractivity contribution is 7.84. The molecule has 90 valence electrons. The molecule has 0 aliphatic rings. The van der Waals surface area contributed by atoms with Crippen LogP contribution in [0.5, 0.6) is 0 Å². The smallest absolute Gasteiger partial charge is 0.0488 e. The van der Waals surface area contributed by atoms with Gasteiger partial charge in [0.1, 0.15) is 0 Å². The second-order valence-corrected chi connectivity index (χ2v) is 5.64. The lowest BCUT2D eigenvalue weighted by Crippen LogP contribution is -2.31. The molecule has 0 fully saturated rings. The van der Waals surface area contributed by atoms with Crippen molar-refractivity contribution in [2.24, 2.45) is 0 Å². The monoisotopic (exact) mass is 239 g/mol. The van der Waals surface area contributed by atoms with E-state index in [4.69, 9.17) is 0 Å². The van der Waals surface area contributed by atoms with Gasteiger partial charge in [-0.15, -0.1) is 0 Å². The third kappa shape index (κ3) is 4.45. The van der Waals surface area contributed by atoms with Crippen LogP contribution in [-0.4, -0.2) is 22.5 Å². The van der Waals surface area contributed by atoms with Gasteiger partial charge in [0.25, 0.3) is 0 Å². The Balaban J connectivity index is 2.49. The molecule has 16 heavy (non-hydrogen) atoms. The molecule has 3 heteroatoms. The van der Waals surface area contributed by atoms with Crippen LogP contribution in [0.15, 0.2) is 24.3 Å². The van der Waals surface area contributed by atoms with Gasteiger partial charge in [-0.1, -0.05) is 31.2 Å². The van der Waals surface area contributed by atoms with E-state index in [0.29, 0.717) is 11.8 Å². The fourth-order valence-corrected chi connectivity index (χ4v) is 3.15. The minimum absolute atomic E-state index is 0.329. The van der Waals surface area contributed by atoms with E-state index >= 15 is 0 Å². The number of nitrogens with one attached hydrogen (secondary N) is 1. The van der Waals surface area contributed by atoms with Crippen molar-refractivity contribution in [1.29, 1.82) is 0 Å². The van der Waals surface area contributed by atoms with Gasteiger partial charge in [0.2, 0.25) is 0 Å². The molecule has 2 atom stereocenters. The van der Waals surface area contributed by atoms with Crippen LogP contribution in [0, 0.1) is 6.92 Å². The van der Waals surface area contributed by atoms with E-state index in [9.17, 15) is 4.21 Å². The molecule has 2 nitrogen and oxygen atoms in total. The first kappa shape index (κ1) is 13.4. The number of rotatable bonds is 6. The molecule has 0 radical (unpaired) electrons. The molecule has 0 bridgehead atoms. The third-order valence-corrected chi connectivity index (χ3v) is 4.07. The topological polar surface area (TPSA) is 29.1 Å². The summed E-state index contributed by atoms with van der Waals surface area (Å²) in [5, 5.41) is 3.28. The molecule has 2 unspecified atom stereocenters. The molecule has 0 amide bonds.